The molecule has 0 amide bonds. The van der Waals surface area contributed by atoms with Crippen molar-refractivity contribution in [2.75, 3.05) is 39.3 Å². The lowest BCUT2D eigenvalue weighted by molar-refractivity contribution is 0.103. The minimum Gasteiger partial charge on any atom is -0.397 e. The van der Waals surface area contributed by atoms with Gasteiger partial charge in [-0.3, -0.25) is 4.79 Å². The van der Waals surface area contributed by atoms with Gasteiger partial charge in [-0.1, -0.05) is 38.1 Å². The number of piperidine rings is 1. The van der Waals surface area contributed by atoms with Crippen LogP contribution in [0.15, 0.2) is 77.5 Å². The van der Waals surface area contributed by atoms with E-state index in [1.165, 1.54) is 12.1 Å². The van der Waals surface area contributed by atoms with Crippen LogP contribution in [0.3, 0.4) is 0 Å². The number of H-pyrrole nitrogens is 1. The Labute approximate surface area is 284 Å². The highest BCUT2D eigenvalue weighted by Gasteiger charge is 2.24. The molecule has 0 spiro atoms. The number of dihydropyridines is 1. The predicted molar refractivity (Wildman–Crippen MR) is 190 cm³/mol. The molecule has 3 aromatic rings. The van der Waals surface area contributed by atoms with Crippen molar-refractivity contribution < 1.29 is 17.6 Å². The highest BCUT2D eigenvalue weighted by Crippen LogP contribution is 2.31. The fourth-order valence-electron chi connectivity index (χ4n) is 6.00. The number of nitrogens with zero attached hydrogens (tertiary/aromatic N) is 2. The second-order valence-corrected chi connectivity index (χ2v) is 15.4. The van der Waals surface area contributed by atoms with Gasteiger partial charge < -0.3 is 24.0 Å². The third kappa shape index (κ3) is 8.58. The molecule has 2 aliphatic rings. The van der Waals surface area contributed by atoms with Crippen molar-refractivity contribution in [2.24, 2.45) is 17.6 Å². The molecule has 1 fully saturated rings. The van der Waals surface area contributed by atoms with Crippen LogP contribution in [-0.4, -0.2) is 66.5 Å². The number of hydrogen-bond acceptors (Lipinski definition) is 7. The van der Waals surface area contributed by atoms with E-state index in [0.29, 0.717) is 69.8 Å². The van der Waals surface area contributed by atoms with E-state index in [4.69, 9.17) is 5.73 Å². The van der Waals surface area contributed by atoms with Gasteiger partial charge in [-0.25, -0.2) is 17.5 Å². The maximum absolute atomic E-state index is 14.3. The van der Waals surface area contributed by atoms with E-state index in [1.807, 2.05) is 27.5 Å². The first-order valence-electron chi connectivity index (χ1n) is 15.7. The third-order valence-corrected chi connectivity index (χ3v) is 10.5. The number of nitrogens with one attached hydrogen (secondary N) is 3. The Morgan fingerprint density at radius 2 is 1.93 bits per heavy atom. The molecule has 1 saturated heterocycles. The van der Waals surface area contributed by atoms with Crippen LogP contribution >= 0.6 is 22.9 Å². The standard InChI is InChI=1S/C34H42FIN6O3S/c1-23(2)18-24-5-8-28(9-6-24)46(44,45)39-14-17-41-15-11-25(12-16-41)21-42(36)22-30(37)32-29-19-27(35)7-10-31(29)40-33(32)34(43)26-4-3-13-38-20-26/h3-10,19-20,22-23,25,38-40H,11-18,21,37H2,1-2H3/b30-22-. The van der Waals surface area contributed by atoms with Gasteiger partial charge in [-0.2, -0.15) is 0 Å². The third-order valence-electron chi connectivity index (χ3n) is 8.35. The Hall–Kier alpha value is -3.20. The van der Waals surface area contributed by atoms with Crippen molar-refractivity contribution in [3.63, 3.8) is 0 Å². The van der Waals surface area contributed by atoms with Crippen molar-refractivity contribution in [3.8, 4) is 0 Å². The summed E-state index contributed by atoms with van der Waals surface area (Å²) in [7, 11) is -3.55. The first kappa shape index (κ1) is 34.1. The summed E-state index contributed by atoms with van der Waals surface area (Å²) < 4.78 is 44.6. The molecule has 12 heteroatoms. The maximum Gasteiger partial charge on any atom is 0.240 e. The Balaban J connectivity index is 1.15. The maximum atomic E-state index is 14.3. The SMILES string of the molecule is CC(C)Cc1ccc(S(=O)(=O)NCCN2CCC(CN(I)/C=C(\N)c3c(C(=O)C4=CNCC=C4)[nH]c4ccc(F)cc34)CC2)cc1. The van der Waals surface area contributed by atoms with Gasteiger partial charge in [-0.05, 0) is 80.1 Å². The second-order valence-electron chi connectivity index (χ2n) is 12.4. The zero-order chi connectivity index (χ0) is 32.8. The number of fused-ring (bicyclic) bond motifs is 1. The van der Waals surface area contributed by atoms with Crippen molar-refractivity contribution in [2.45, 2.75) is 38.0 Å². The van der Waals surface area contributed by atoms with E-state index in [2.05, 4.69) is 56.6 Å². The molecular weight excluding hydrogens is 718 g/mol. The van der Waals surface area contributed by atoms with Gasteiger partial charge in [0, 0.05) is 60.6 Å². The second kappa shape index (κ2) is 15.1. The van der Waals surface area contributed by atoms with Crippen LogP contribution in [0, 0.1) is 17.7 Å². The number of carbonyl (C=O) groups is 1. The predicted octanol–water partition coefficient (Wildman–Crippen LogP) is 5.33. The summed E-state index contributed by atoms with van der Waals surface area (Å²) >= 11 is 2.22. The number of benzene rings is 2. The average Bonchev–Trinajstić information content (AvgIpc) is 3.40. The first-order chi connectivity index (χ1) is 22.0. The first-order valence-corrected chi connectivity index (χ1v) is 18.1. The topological polar surface area (TPSA) is 124 Å². The van der Waals surface area contributed by atoms with Gasteiger partial charge in [-0.15, -0.1) is 0 Å². The Morgan fingerprint density at radius 1 is 1.20 bits per heavy atom. The van der Waals surface area contributed by atoms with Crippen LogP contribution in [-0.2, 0) is 16.4 Å². The summed E-state index contributed by atoms with van der Waals surface area (Å²) in [6.07, 6.45) is 9.98. The lowest BCUT2D eigenvalue weighted by Crippen LogP contribution is -2.40. The van der Waals surface area contributed by atoms with E-state index in [9.17, 15) is 17.6 Å². The van der Waals surface area contributed by atoms with Crippen LogP contribution < -0.4 is 15.8 Å². The van der Waals surface area contributed by atoms with Crippen LogP contribution in [0.5, 0.6) is 0 Å². The molecule has 0 bridgehead atoms. The molecule has 246 valence electrons. The number of carbonyl (C=O) groups excluding carboxylic acids is 1. The Bertz CT molecular complexity index is 1740. The minimum absolute atomic E-state index is 0.222. The molecule has 0 saturated carbocycles. The zero-order valence-corrected chi connectivity index (χ0v) is 29.2. The average molecular weight is 761 g/mol. The summed E-state index contributed by atoms with van der Waals surface area (Å²) in [5.74, 6) is 0.311. The number of sulfonamides is 1. The number of halogens is 2. The zero-order valence-electron chi connectivity index (χ0n) is 26.2. The smallest absolute Gasteiger partial charge is 0.240 e. The van der Waals surface area contributed by atoms with Crippen molar-refractivity contribution in [1.29, 1.82) is 0 Å². The van der Waals surface area contributed by atoms with Crippen molar-refractivity contribution in [1.82, 2.24) is 23.0 Å². The molecule has 1 aromatic heterocycles. The summed E-state index contributed by atoms with van der Waals surface area (Å²) in [5, 5.41) is 3.61. The molecule has 3 heterocycles. The molecule has 5 rings (SSSR count). The van der Waals surface area contributed by atoms with Gasteiger partial charge in [0.15, 0.2) is 0 Å². The van der Waals surface area contributed by atoms with E-state index in [-0.39, 0.29) is 5.78 Å². The lowest BCUT2D eigenvalue weighted by Gasteiger charge is -2.33. The highest BCUT2D eigenvalue weighted by atomic mass is 127. The molecule has 0 unspecified atom stereocenters. The largest absolute Gasteiger partial charge is 0.397 e. The van der Waals surface area contributed by atoms with Crippen LogP contribution in [0.1, 0.15) is 48.3 Å². The fraction of sp³-hybridized carbons (Fsp3) is 0.382. The van der Waals surface area contributed by atoms with E-state index in [1.54, 1.807) is 30.5 Å². The minimum atomic E-state index is -3.55. The number of likely N-dealkylation sites (tertiary alicyclic amines) is 1. The van der Waals surface area contributed by atoms with Crippen LogP contribution in [0.4, 0.5) is 4.39 Å². The Kier molecular flexibility index (Phi) is 11.2. The van der Waals surface area contributed by atoms with E-state index < -0.39 is 15.8 Å². The molecule has 0 aliphatic carbocycles. The van der Waals surface area contributed by atoms with Gasteiger partial charge in [0.2, 0.25) is 15.8 Å². The fourth-order valence-corrected chi connectivity index (χ4v) is 7.87. The molecule has 0 atom stereocenters. The van der Waals surface area contributed by atoms with Gasteiger partial charge in [0.1, 0.15) is 5.82 Å². The van der Waals surface area contributed by atoms with Crippen molar-refractivity contribution >= 4 is 55.3 Å². The molecule has 0 radical (unpaired) electrons. The molecule has 9 nitrogen and oxygen atoms in total. The van der Waals surface area contributed by atoms with Crippen LogP contribution in [0.25, 0.3) is 16.6 Å². The monoisotopic (exact) mass is 760 g/mol. The normalized spacial score (nSPS) is 16.5. The number of rotatable bonds is 13. The lowest BCUT2D eigenvalue weighted by atomic mass is 9.97. The summed E-state index contributed by atoms with van der Waals surface area (Å²) in [6, 6.07) is 11.5. The number of allylic oxidation sites excluding steroid dienone is 2. The summed E-state index contributed by atoms with van der Waals surface area (Å²) in [4.78, 5) is 19.2. The number of hydrogen-bond donors (Lipinski definition) is 4. The van der Waals surface area contributed by atoms with Crippen molar-refractivity contribution in [3.05, 3.63) is 95.2 Å². The molecular formula is C34H42FIN6O3S. The molecule has 2 aromatic carbocycles. The number of ketones is 1. The molecule has 2 aliphatic heterocycles. The van der Waals surface area contributed by atoms with Gasteiger partial charge in [0.25, 0.3) is 0 Å². The summed E-state index contributed by atoms with van der Waals surface area (Å²) in [6.45, 7) is 8.44. The molecule has 46 heavy (non-hydrogen) atoms. The number of aromatic nitrogens is 1. The summed E-state index contributed by atoms with van der Waals surface area (Å²) in [5.41, 5.74) is 10.1. The Morgan fingerprint density at radius 3 is 2.61 bits per heavy atom. The van der Waals surface area contributed by atoms with Gasteiger partial charge in [0.05, 0.1) is 39.2 Å². The number of aromatic amines is 1. The number of nitrogens with two attached hydrogens (primary N) is 1. The van der Waals surface area contributed by atoms with E-state index in [0.717, 1.165) is 44.5 Å². The van der Waals surface area contributed by atoms with E-state index >= 15 is 0 Å². The highest BCUT2D eigenvalue weighted by molar-refractivity contribution is 14.1. The number of Topliss-reactive ketones (excluding diaryl/α,β-unsaturated/α-hetero) is 1. The van der Waals surface area contributed by atoms with Gasteiger partial charge >= 0.3 is 0 Å². The quantitative estimate of drug-likeness (QED) is 0.106. The molecule has 5 N–H and O–H groups in total. The van der Waals surface area contributed by atoms with Crippen LogP contribution in [0.2, 0.25) is 0 Å².